The summed E-state index contributed by atoms with van der Waals surface area (Å²) in [6, 6.07) is 10.3. The van der Waals surface area contributed by atoms with E-state index in [4.69, 9.17) is 0 Å². The van der Waals surface area contributed by atoms with Crippen LogP contribution < -0.4 is 0 Å². The third-order valence-corrected chi connectivity index (χ3v) is 2.89. The molecule has 0 bridgehead atoms. The first-order valence-electron chi connectivity index (χ1n) is 4.90. The van der Waals surface area contributed by atoms with Crippen molar-refractivity contribution in [2.24, 2.45) is 0 Å². The van der Waals surface area contributed by atoms with Gasteiger partial charge in [0.15, 0.2) is 0 Å². The van der Waals surface area contributed by atoms with Crippen LogP contribution in [0.1, 0.15) is 19.5 Å². The van der Waals surface area contributed by atoms with Crippen LogP contribution in [0.2, 0.25) is 0 Å². The molecular weight excluding hydrogens is 202 g/mol. The van der Waals surface area contributed by atoms with E-state index in [-0.39, 0.29) is 0 Å². The number of nitrogens with zero attached hydrogens (tertiary/aromatic N) is 1. The first-order chi connectivity index (χ1) is 7.18. The summed E-state index contributed by atoms with van der Waals surface area (Å²) < 4.78 is 0. The zero-order valence-electron chi connectivity index (χ0n) is 8.86. The van der Waals surface area contributed by atoms with Crippen molar-refractivity contribution in [3.05, 3.63) is 47.1 Å². The number of hydrogen-bond donors (Lipinski definition) is 1. The zero-order valence-corrected chi connectivity index (χ0v) is 9.75. The molecule has 0 fully saturated rings. The Kier molecular flexibility index (Phi) is 2.78. The molecule has 0 aliphatic rings. The van der Waals surface area contributed by atoms with Crippen molar-refractivity contribution >= 4 is 29.0 Å². The number of thiol groups is 1. The number of aromatic nitrogens is 1. The fraction of sp³-hybridized carbons (Fsp3) is 0.154. The van der Waals surface area contributed by atoms with Crippen LogP contribution in [0.3, 0.4) is 0 Å². The van der Waals surface area contributed by atoms with Crippen LogP contribution >= 0.6 is 12.6 Å². The Morgan fingerprint density at radius 2 is 1.80 bits per heavy atom. The summed E-state index contributed by atoms with van der Waals surface area (Å²) in [4.78, 5) is 5.43. The van der Waals surface area contributed by atoms with Gasteiger partial charge in [0, 0.05) is 11.6 Å². The van der Waals surface area contributed by atoms with Crippen molar-refractivity contribution in [2.45, 2.75) is 13.8 Å². The third-order valence-electron chi connectivity index (χ3n) is 2.56. The molecule has 0 saturated heterocycles. The Morgan fingerprint density at radius 1 is 1.13 bits per heavy atom. The predicted molar refractivity (Wildman–Crippen MR) is 69.0 cm³/mol. The number of benzene rings is 1. The second-order valence-corrected chi connectivity index (χ2v) is 4.30. The molecule has 2 aromatic rings. The van der Waals surface area contributed by atoms with Crippen molar-refractivity contribution in [1.29, 1.82) is 0 Å². The van der Waals surface area contributed by atoms with E-state index in [1.165, 1.54) is 10.8 Å². The maximum Gasteiger partial charge on any atom is 0.0672 e. The fourth-order valence-electron chi connectivity index (χ4n) is 1.47. The van der Waals surface area contributed by atoms with E-state index in [2.05, 4.69) is 35.8 Å². The monoisotopic (exact) mass is 215 g/mol. The largest absolute Gasteiger partial charge is 0.256 e. The number of allylic oxidation sites excluding steroid dienone is 2. The first-order valence-corrected chi connectivity index (χ1v) is 5.35. The van der Waals surface area contributed by atoms with E-state index in [0.717, 1.165) is 16.2 Å². The summed E-state index contributed by atoms with van der Waals surface area (Å²) in [6.07, 6.45) is 1.91. The van der Waals surface area contributed by atoms with Gasteiger partial charge in [0.05, 0.1) is 5.69 Å². The molecule has 0 radical (unpaired) electrons. The second-order valence-electron chi connectivity index (χ2n) is 3.63. The van der Waals surface area contributed by atoms with Crippen LogP contribution in [0.5, 0.6) is 0 Å². The normalized spacial score (nSPS) is 12.7. The molecule has 2 rings (SSSR count). The second kappa shape index (κ2) is 4.07. The van der Waals surface area contributed by atoms with E-state index in [1.54, 1.807) is 0 Å². The van der Waals surface area contributed by atoms with Crippen LogP contribution in [0, 0.1) is 0 Å². The van der Waals surface area contributed by atoms with E-state index in [9.17, 15) is 0 Å². The fourth-order valence-corrected chi connectivity index (χ4v) is 1.59. The van der Waals surface area contributed by atoms with E-state index in [1.807, 2.05) is 32.2 Å². The van der Waals surface area contributed by atoms with Gasteiger partial charge in [-0.3, -0.25) is 4.98 Å². The van der Waals surface area contributed by atoms with Crippen molar-refractivity contribution in [3.8, 4) is 0 Å². The highest BCUT2D eigenvalue weighted by molar-refractivity contribution is 7.84. The van der Waals surface area contributed by atoms with E-state index < -0.39 is 0 Å². The highest BCUT2D eigenvalue weighted by Gasteiger charge is 2.01. The molecule has 0 saturated carbocycles. The lowest BCUT2D eigenvalue weighted by atomic mass is 10.1. The summed E-state index contributed by atoms with van der Waals surface area (Å²) in [5.74, 6) is 0. The molecule has 1 aromatic heterocycles. The lowest BCUT2D eigenvalue weighted by Crippen LogP contribution is -1.87. The number of fused-ring (bicyclic) bond motifs is 1. The molecule has 0 N–H and O–H groups in total. The quantitative estimate of drug-likeness (QED) is 0.711. The van der Waals surface area contributed by atoms with Crippen LogP contribution in [0.25, 0.3) is 16.3 Å². The van der Waals surface area contributed by atoms with Crippen molar-refractivity contribution in [1.82, 2.24) is 4.98 Å². The molecule has 0 atom stereocenters. The molecule has 0 aliphatic carbocycles. The zero-order chi connectivity index (χ0) is 10.8. The molecule has 2 heteroatoms. The number of hydrogen-bond acceptors (Lipinski definition) is 2. The van der Waals surface area contributed by atoms with E-state index >= 15 is 0 Å². The van der Waals surface area contributed by atoms with Gasteiger partial charge in [0.1, 0.15) is 0 Å². The standard InChI is InChI=1S/C13H13NS/c1-9(10(2)15)13-7-11-5-3-4-6-12(11)8-14-13/h3-8,15H,1-2H3/b10-9-. The molecule has 1 aromatic carbocycles. The van der Waals surface area contributed by atoms with Gasteiger partial charge in [-0.1, -0.05) is 24.3 Å². The Balaban J connectivity index is 2.62. The molecule has 0 amide bonds. The van der Waals surface area contributed by atoms with Crippen LogP contribution in [0.15, 0.2) is 41.4 Å². The Labute approximate surface area is 95.3 Å². The number of rotatable bonds is 1. The lowest BCUT2D eigenvalue weighted by Gasteiger charge is -2.04. The topological polar surface area (TPSA) is 12.9 Å². The van der Waals surface area contributed by atoms with Gasteiger partial charge in [-0.05, 0) is 35.8 Å². The van der Waals surface area contributed by atoms with Gasteiger partial charge in [-0.2, -0.15) is 0 Å². The molecule has 76 valence electrons. The predicted octanol–water partition coefficient (Wildman–Crippen LogP) is 3.92. The maximum atomic E-state index is 4.42. The molecule has 1 nitrogen and oxygen atoms in total. The summed E-state index contributed by atoms with van der Waals surface area (Å²) >= 11 is 4.34. The van der Waals surface area contributed by atoms with Crippen LogP contribution in [0.4, 0.5) is 0 Å². The highest BCUT2D eigenvalue weighted by Crippen LogP contribution is 2.21. The van der Waals surface area contributed by atoms with Gasteiger partial charge >= 0.3 is 0 Å². The molecule has 0 aliphatic heterocycles. The average Bonchev–Trinajstić information content (AvgIpc) is 2.27. The summed E-state index contributed by atoms with van der Waals surface area (Å²) in [7, 11) is 0. The SMILES string of the molecule is C/C(S)=C(\C)c1cc2ccccc2cn1. The smallest absolute Gasteiger partial charge is 0.0672 e. The van der Waals surface area contributed by atoms with Gasteiger partial charge in [-0.15, -0.1) is 12.6 Å². The van der Waals surface area contributed by atoms with Crippen molar-refractivity contribution in [3.63, 3.8) is 0 Å². The molecule has 1 heterocycles. The Bertz CT molecular complexity index is 525. The van der Waals surface area contributed by atoms with Gasteiger partial charge in [-0.25, -0.2) is 0 Å². The van der Waals surface area contributed by atoms with Crippen LogP contribution in [-0.4, -0.2) is 4.98 Å². The Hall–Kier alpha value is -1.28. The molecule has 0 spiro atoms. The average molecular weight is 215 g/mol. The first kappa shape index (κ1) is 10.2. The van der Waals surface area contributed by atoms with Crippen molar-refractivity contribution < 1.29 is 0 Å². The minimum Gasteiger partial charge on any atom is -0.256 e. The summed E-state index contributed by atoms with van der Waals surface area (Å²) in [5.41, 5.74) is 2.13. The highest BCUT2D eigenvalue weighted by atomic mass is 32.1. The lowest BCUT2D eigenvalue weighted by molar-refractivity contribution is 1.29. The van der Waals surface area contributed by atoms with Gasteiger partial charge < -0.3 is 0 Å². The van der Waals surface area contributed by atoms with Crippen molar-refractivity contribution in [2.75, 3.05) is 0 Å². The molecule has 15 heavy (non-hydrogen) atoms. The van der Waals surface area contributed by atoms with Gasteiger partial charge in [0.2, 0.25) is 0 Å². The third kappa shape index (κ3) is 2.05. The maximum absolute atomic E-state index is 4.42. The van der Waals surface area contributed by atoms with E-state index in [0.29, 0.717) is 0 Å². The Morgan fingerprint density at radius 3 is 2.47 bits per heavy atom. The minimum atomic E-state index is 1.00. The van der Waals surface area contributed by atoms with Crippen LogP contribution in [-0.2, 0) is 0 Å². The summed E-state index contributed by atoms with van der Waals surface area (Å²) in [5, 5.41) is 2.39. The molecular formula is C13H13NS. The minimum absolute atomic E-state index is 1.00. The van der Waals surface area contributed by atoms with Gasteiger partial charge in [0.25, 0.3) is 0 Å². The number of pyridine rings is 1. The molecule has 0 unspecified atom stereocenters. The summed E-state index contributed by atoms with van der Waals surface area (Å²) in [6.45, 7) is 4.02.